The van der Waals surface area contributed by atoms with Crippen molar-refractivity contribution in [3.63, 3.8) is 0 Å². The summed E-state index contributed by atoms with van der Waals surface area (Å²) in [7, 11) is 0. The van der Waals surface area contributed by atoms with Crippen LogP contribution in [0.5, 0.6) is 0 Å². The Morgan fingerprint density at radius 1 is 1.19 bits per heavy atom. The Balaban J connectivity index is 1.91. The molecule has 2 unspecified atom stereocenters. The van der Waals surface area contributed by atoms with Gasteiger partial charge < -0.3 is 5.32 Å². The number of halogens is 1. The molecule has 4 heteroatoms. The lowest BCUT2D eigenvalue weighted by atomic mass is 10.0. The van der Waals surface area contributed by atoms with Crippen LogP contribution in [0, 0.1) is 5.92 Å². The number of nitrogens with zero attached hydrogens (tertiary/aromatic N) is 2. The summed E-state index contributed by atoms with van der Waals surface area (Å²) in [5.41, 5.74) is 0. The number of hydrogen-bond donors (Lipinski definition) is 1. The summed E-state index contributed by atoms with van der Waals surface area (Å²) in [6.07, 6.45) is 10.0. The lowest BCUT2D eigenvalue weighted by Gasteiger charge is -2.15. The molecule has 1 aliphatic carbocycles. The molecule has 1 aliphatic rings. The molecule has 1 saturated carbocycles. The van der Waals surface area contributed by atoms with Crippen molar-refractivity contribution in [2.45, 2.75) is 45.1 Å². The van der Waals surface area contributed by atoms with E-state index >= 15 is 0 Å². The Bertz CT molecular complexity index is 326. The van der Waals surface area contributed by atoms with E-state index in [1.807, 2.05) is 0 Å². The molecule has 1 aromatic heterocycles. The normalized spacial score (nSPS) is 26.1. The minimum atomic E-state index is 0.547. The van der Waals surface area contributed by atoms with Gasteiger partial charge in [-0.1, -0.05) is 19.8 Å². The molecule has 0 bridgehead atoms. The second-order valence-electron chi connectivity index (χ2n) is 4.68. The fourth-order valence-electron chi connectivity index (χ4n) is 2.20. The molecule has 2 rings (SSSR count). The molecular formula is C12H18BrN3. The van der Waals surface area contributed by atoms with Crippen LogP contribution in [-0.4, -0.2) is 16.0 Å². The molecule has 0 aromatic carbocycles. The molecule has 0 saturated heterocycles. The van der Waals surface area contributed by atoms with Crippen LogP contribution in [0.2, 0.25) is 0 Å². The Labute approximate surface area is 105 Å². The van der Waals surface area contributed by atoms with Gasteiger partial charge in [0.25, 0.3) is 0 Å². The van der Waals surface area contributed by atoms with Crippen LogP contribution < -0.4 is 5.32 Å². The van der Waals surface area contributed by atoms with Crippen molar-refractivity contribution >= 4 is 21.9 Å². The minimum Gasteiger partial charge on any atom is -0.351 e. The van der Waals surface area contributed by atoms with Crippen molar-refractivity contribution < 1.29 is 0 Å². The molecule has 88 valence electrons. The summed E-state index contributed by atoms with van der Waals surface area (Å²) in [6.45, 7) is 2.35. The van der Waals surface area contributed by atoms with Crippen molar-refractivity contribution in [3.05, 3.63) is 16.9 Å². The Hall–Kier alpha value is -0.640. The van der Waals surface area contributed by atoms with Gasteiger partial charge in [-0.15, -0.1) is 0 Å². The van der Waals surface area contributed by atoms with Crippen molar-refractivity contribution in [3.8, 4) is 0 Å². The van der Waals surface area contributed by atoms with E-state index in [0.29, 0.717) is 6.04 Å². The van der Waals surface area contributed by atoms with Gasteiger partial charge in [0.05, 0.1) is 4.47 Å². The first-order chi connectivity index (χ1) is 7.74. The molecule has 16 heavy (non-hydrogen) atoms. The zero-order chi connectivity index (χ0) is 11.4. The molecule has 1 aromatic rings. The number of hydrogen-bond acceptors (Lipinski definition) is 3. The summed E-state index contributed by atoms with van der Waals surface area (Å²) in [5, 5.41) is 3.43. The largest absolute Gasteiger partial charge is 0.351 e. The highest BCUT2D eigenvalue weighted by molar-refractivity contribution is 9.10. The molecule has 0 aliphatic heterocycles. The summed E-state index contributed by atoms with van der Waals surface area (Å²) in [6, 6.07) is 0.547. The first-order valence-electron chi connectivity index (χ1n) is 5.98. The second-order valence-corrected chi connectivity index (χ2v) is 5.60. The van der Waals surface area contributed by atoms with Gasteiger partial charge in [0, 0.05) is 18.4 Å². The average molecular weight is 284 g/mol. The van der Waals surface area contributed by atoms with E-state index in [0.717, 1.165) is 16.3 Å². The van der Waals surface area contributed by atoms with E-state index in [4.69, 9.17) is 0 Å². The molecule has 1 N–H and O–H groups in total. The number of rotatable bonds is 2. The quantitative estimate of drug-likeness (QED) is 0.843. The van der Waals surface area contributed by atoms with Crippen molar-refractivity contribution in [2.75, 3.05) is 5.32 Å². The lowest BCUT2D eigenvalue weighted by Crippen LogP contribution is -2.19. The molecule has 1 heterocycles. The predicted molar refractivity (Wildman–Crippen MR) is 69.4 cm³/mol. The number of nitrogens with one attached hydrogen (secondary N) is 1. The first-order valence-corrected chi connectivity index (χ1v) is 6.77. The Morgan fingerprint density at radius 3 is 2.69 bits per heavy atom. The van der Waals surface area contributed by atoms with Crippen LogP contribution in [0.3, 0.4) is 0 Å². The summed E-state index contributed by atoms with van der Waals surface area (Å²) >= 11 is 3.34. The van der Waals surface area contributed by atoms with E-state index in [2.05, 4.69) is 38.1 Å². The number of aromatic nitrogens is 2. The fraction of sp³-hybridized carbons (Fsp3) is 0.667. The first kappa shape index (κ1) is 11.8. The third kappa shape index (κ3) is 3.44. The predicted octanol–water partition coefficient (Wildman–Crippen LogP) is 3.62. The molecular weight excluding hydrogens is 266 g/mol. The maximum Gasteiger partial charge on any atom is 0.222 e. The summed E-state index contributed by atoms with van der Waals surface area (Å²) in [4.78, 5) is 8.51. The minimum absolute atomic E-state index is 0.547. The topological polar surface area (TPSA) is 37.8 Å². The van der Waals surface area contributed by atoms with Crippen LogP contribution >= 0.6 is 15.9 Å². The lowest BCUT2D eigenvalue weighted by molar-refractivity contribution is 0.501. The van der Waals surface area contributed by atoms with Gasteiger partial charge in [0.15, 0.2) is 0 Å². The van der Waals surface area contributed by atoms with Crippen molar-refractivity contribution in [2.24, 2.45) is 5.92 Å². The fourth-order valence-corrected chi connectivity index (χ4v) is 2.41. The van der Waals surface area contributed by atoms with E-state index in [-0.39, 0.29) is 0 Å². The SMILES string of the molecule is CC1CCCC(Nc2ncc(Br)cn2)CC1. The van der Waals surface area contributed by atoms with E-state index in [1.54, 1.807) is 12.4 Å². The van der Waals surface area contributed by atoms with Crippen LogP contribution in [0.25, 0.3) is 0 Å². The summed E-state index contributed by atoms with van der Waals surface area (Å²) < 4.78 is 0.924. The Kier molecular flexibility index (Phi) is 4.16. The van der Waals surface area contributed by atoms with Crippen molar-refractivity contribution in [1.29, 1.82) is 0 Å². The zero-order valence-corrected chi connectivity index (χ0v) is 11.2. The van der Waals surface area contributed by atoms with Gasteiger partial charge in [0.1, 0.15) is 0 Å². The van der Waals surface area contributed by atoms with Gasteiger partial charge >= 0.3 is 0 Å². The van der Waals surface area contributed by atoms with Crippen molar-refractivity contribution in [1.82, 2.24) is 9.97 Å². The summed E-state index contributed by atoms with van der Waals surface area (Å²) in [5.74, 6) is 1.63. The third-order valence-electron chi connectivity index (χ3n) is 3.21. The van der Waals surface area contributed by atoms with E-state index < -0.39 is 0 Å². The molecule has 0 radical (unpaired) electrons. The van der Waals surface area contributed by atoms with Gasteiger partial charge in [-0.25, -0.2) is 9.97 Å². The van der Waals surface area contributed by atoms with E-state index in [9.17, 15) is 0 Å². The van der Waals surface area contributed by atoms with Crippen LogP contribution in [0.1, 0.15) is 39.0 Å². The van der Waals surface area contributed by atoms with Gasteiger partial charge in [-0.05, 0) is 41.1 Å². The average Bonchev–Trinajstić information content (AvgIpc) is 2.47. The van der Waals surface area contributed by atoms with Gasteiger partial charge in [-0.2, -0.15) is 0 Å². The maximum absolute atomic E-state index is 4.25. The standard InChI is InChI=1S/C12H18BrN3/c1-9-3-2-4-11(6-5-9)16-12-14-7-10(13)8-15-12/h7-9,11H,2-6H2,1H3,(H,14,15,16). The molecule has 0 spiro atoms. The highest BCUT2D eigenvalue weighted by Gasteiger charge is 2.16. The molecule has 0 amide bonds. The zero-order valence-electron chi connectivity index (χ0n) is 9.62. The van der Waals surface area contributed by atoms with Crippen LogP contribution in [0.15, 0.2) is 16.9 Å². The maximum atomic E-state index is 4.25. The van der Waals surface area contributed by atoms with Gasteiger partial charge in [0.2, 0.25) is 5.95 Å². The monoisotopic (exact) mass is 283 g/mol. The molecule has 1 fully saturated rings. The van der Waals surface area contributed by atoms with Gasteiger partial charge in [-0.3, -0.25) is 0 Å². The molecule has 3 nitrogen and oxygen atoms in total. The second kappa shape index (κ2) is 5.62. The highest BCUT2D eigenvalue weighted by atomic mass is 79.9. The van der Waals surface area contributed by atoms with Crippen LogP contribution in [0.4, 0.5) is 5.95 Å². The van der Waals surface area contributed by atoms with E-state index in [1.165, 1.54) is 32.1 Å². The smallest absolute Gasteiger partial charge is 0.222 e. The highest BCUT2D eigenvalue weighted by Crippen LogP contribution is 2.24. The Morgan fingerprint density at radius 2 is 1.94 bits per heavy atom. The van der Waals surface area contributed by atoms with Crippen LogP contribution in [-0.2, 0) is 0 Å². The number of anilines is 1. The third-order valence-corrected chi connectivity index (χ3v) is 3.62. The molecule has 2 atom stereocenters.